The van der Waals surface area contributed by atoms with Gasteiger partial charge in [-0.2, -0.15) is 10.1 Å². The molecule has 3 rings (SSSR count). The Morgan fingerprint density at radius 2 is 2.04 bits per heavy atom. The Bertz CT molecular complexity index is 804. The van der Waals surface area contributed by atoms with Gasteiger partial charge in [-0.1, -0.05) is 5.16 Å². The first-order chi connectivity index (χ1) is 11.0. The van der Waals surface area contributed by atoms with Crippen molar-refractivity contribution in [1.29, 1.82) is 0 Å². The summed E-state index contributed by atoms with van der Waals surface area (Å²) in [6, 6.07) is 2.93. The molecule has 1 atom stereocenters. The number of hydrogen-bond acceptors (Lipinski definition) is 6. The van der Waals surface area contributed by atoms with Crippen LogP contribution in [-0.4, -0.2) is 30.8 Å². The summed E-state index contributed by atoms with van der Waals surface area (Å²) in [7, 11) is 1.80. The van der Waals surface area contributed by atoms with Gasteiger partial charge in [0.05, 0.1) is 6.20 Å². The van der Waals surface area contributed by atoms with Gasteiger partial charge < -0.3 is 9.84 Å². The molecule has 0 spiro atoms. The van der Waals surface area contributed by atoms with Crippen LogP contribution in [-0.2, 0) is 7.05 Å². The topological polar surface area (TPSA) is 98.7 Å². The number of carbonyl (C=O) groups excluding carboxylic acids is 1. The zero-order valence-corrected chi connectivity index (χ0v) is 13.0. The molecule has 0 saturated carbocycles. The summed E-state index contributed by atoms with van der Waals surface area (Å²) in [5.74, 6) is 0.131. The molecule has 0 radical (unpaired) electrons. The Morgan fingerprint density at radius 1 is 1.30 bits per heavy atom. The standard InChI is InChI=1S/C15H16N6O2/c1-9-4-11(5-10(2)18-9)15(22)19-13(14-16-8-23-20-14)12-6-17-21(3)7-12/h4-8,13H,1-3H3,(H,19,22). The second-order valence-electron chi connectivity index (χ2n) is 5.28. The van der Waals surface area contributed by atoms with Crippen molar-refractivity contribution in [3.63, 3.8) is 0 Å². The summed E-state index contributed by atoms with van der Waals surface area (Å²) in [6.07, 6.45) is 4.68. The van der Waals surface area contributed by atoms with Gasteiger partial charge in [0.1, 0.15) is 6.04 Å². The molecule has 0 aliphatic rings. The van der Waals surface area contributed by atoms with E-state index in [0.717, 1.165) is 17.0 Å². The second-order valence-corrected chi connectivity index (χ2v) is 5.28. The van der Waals surface area contributed by atoms with Crippen LogP contribution in [0.4, 0.5) is 0 Å². The first-order valence-corrected chi connectivity index (χ1v) is 7.04. The average Bonchev–Trinajstić information content (AvgIpc) is 3.15. The van der Waals surface area contributed by atoms with Gasteiger partial charge in [-0.15, -0.1) is 0 Å². The monoisotopic (exact) mass is 312 g/mol. The van der Waals surface area contributed by atoms with E-state index in [9.17, 15) is 4.79 Å². The van der Waals surface area contributed by atoms with E-state index in [1.807, 2.05) is 13.8 Å². The molecule has 3 heterocycles. The summed E-state index contributed by atoms with van der Waals surface area (Å²) in [5, 5.41) is 10.9. The van der Waals surface area contributed by atoms with Crippen LogP contribution in [0.15, 0.2) is 35.4 Å². The summed E-state index contributed by atoms with van der Waals surface area (Å²) in [6.45, 7) is 3.70. The maximum absolute atomic E-state index is 12.6. The van der Waals surface area contributed by atoms with Crippen molar-refractivity contribution < 1.29 is 9.32 Å². The Balaban J connectivity index is 1.91. The molecule has 0 fully saturated rings. The predicted molar refractivity (Wildman–Crippen MR) is 80.5 cm³/mol. The lowest BCUT2D eigenvalue weighted by Gasteiger charge is -2.14. The third-order valence-electron chi connectivity index (χ3n) is 3.31. The summed E-state index contributed by atoms with van der Waals surface area (Å²) < 4.78 is 6.45. The number of aryl methyl sites for hydroxylation is 3. The Kier molecular flexibility index (Phi) is 3.88. The van der Waals surface area contributed by atoms with E-state index in [-0.39, 0.29) is 5.91 Å². The van der Waals surface area contributed by atoms with Crippen LogP contribution >= 0.6 is 0 Å². The van der Waals surface area contributed by atoms with Crippen LogP contribution < -0.4 is 5.32 Å². The third-order valence-corrected chi connectivity index (χ3v) is 3.31. The molecule has 3 aromatic heterocycles. The molecule has 1 N–H and O–H groups in total. The largest absolute Gasteiger partial charge is 0.343 e. The smallest absolute Gasteiger partial charge is 0.252 e. The molecule has 0 bridgehead atoms. The summed E-state index contributed by atoms with van der Waals surface area (Å²) in [4.78, 5) is 20.9. The zero-order valence-electron chi connectivity index (χ0n) is 13.0. The van der Waals surface area contributed by atoms with Crippen molar-refractivity contribution in [1.82, 2.24) is 30.2 Å². The predicted octanol–water partition coefficient (Wildman–Crippen LogP) is 1.33. The fourth-order valence-electron chi connectivity index (χ4n) is 2.37. The molecule has 0 saturated heterocycles. The van der Waals surface area contributed by atoms with Crippen LogP contribution in [0, 0.1) is 13.8 Å². The lowest BCUT2D eigenvalue weighted by molar-refractivity contribution is 0.0941. The first kappa shape index (κ1) is 14.9. The molecule has 8 nitrogen and oxygen atoms in total. The van der Waals surface area contributed by atoms with Crippen molar-refractivity contribution in [2.24, 2.45) is 7.05 Å². The molecule has 0 aromatic carbocycles. The minimum absolute atomic E-state index is 0.239. The number of aromatic nitrogens is 5. The molecular weight excluding hydrogens is 296 g/mol. The van der Waals surface area contributed by atoms with Crippen LogP contribution in [0.3, 0.4) is 0 Å². The number of pyridine rings is 1. The van der Waals surface area contributed by atoms with Crippen LogP contribution in [0.2, 0.25) is 0 Å². The van der Waals surface area contributed by atoms with E-state index < -0.39 is 6.04 Å². The summed E-state index contributed by atoms with van der Waals surface area (Å²) in [5.41, 5.74) is 2.87. The average molecular weight is 312 g/mol. The van der Waals surface area contributed by atoms with Gasteiger partial charge in [-0.25, -0.2) is 0 Å². The Hall–Kier alpha value is -3.03. The highest BCUT2D eigenvalue weighted by Crippen LogP contribution is 2.19. The number of rotatable bonds is 4. The van der Waals surface area contributed by atoms with Gasteiger partial charge in [-0.3, -0.25) is 14.5 Å². The highest BCUT2D eigenvalue weighted by Gasteiger charge is 2.23. The SMILES string of the molecule is Cc1cc(C(=O)NC(c2cnn(C)c2)c2ncon2)cc(C)n1. The molecular formula is C15H16N6O2. The minimum atomic E-state index is -0.538. The van der Waals surface area contributed by atoms with Crippen LogP contribution in [0.5, 0.6) is 0 Å². The van der Waals surface area contributed by atoms with Crippen molar-refractivity contribution in [3.05, 3.63) is 59.3 Å². The zero-order chi connectivity index (χ0) is 16.4. The fraction of sp³-hybridized carbons (Fsp3) is 0.267. The van der Waals surface area contributed by atoms with Crippen molar-refractivity contribution in [3.8, 4) is 0 Å². The van der Waals surface area contributed by atoms with Crippen molar-refractivity contribution >= 4 is 5.91 Å². The third kappa shape index (κ3) is 3.25. The van der Waals surface area contributed by atoms with E-state index in [4.69, 9.17) is 4.52 Å². The normalized spacial score (nSPS) is 12.1. The van der Waals surface area contributed by atoms with E-state index in [1.54, 1.807) is 36.3 Å². The van der Waals surface area contributed by atoms with E-state index >= 15 is 0 Å². The highest BCUT2D eigenvalue weighted by atomic mass is 16.5. The van der Waals surface area contributed by atoms with Crippen LogP contribution in [0.1, 0.15) is 39.2 Å². The lowest BCUT2D eigenvalue weighted by Crippen LogP contribution is -2.30. The first-order valence-electron chi connectivity index (χ1n) is 7.04. The molecule has 8 heteroatoms. The van der Waals surface area contributed by atoms with Gasteiger partial charge >= 0.3 is 0 Å². The number of nitrogens with zero attached hydrogens (tertiary/aromatic N) is 5. The highest BCUT2D eigenvalue weighted by molar-refractivity contribution is 5.94. The molecule has 0 aliphatic carbocycles. The fourth-order valence-corrected chi connectivity index (χ4v) is 2.37. The second kappa shape index (κ2) is 5.99. The summed E-state index contributed by atoms with van der Waals surface area (Å²) >= 11 is 0. The maximum Gasteiger partial charge on any atom is 0.252 e. The van der Waals surface area contributed by atoms with Crippen molar-refractivity contribution in [2.45, 2.75) is 19.9 Å². The Labute approximate surface area is 132 Å². The van der Waals surface area contributed by atoms with Gasteiger partial charge in [0.15, 0.2) is 5.82 Å². The number of nitrogens with one attached hydrogen (secondary N) is 1. The molecule has 0 aliphatic heterocycles. The van der Waals surface area contributed by atoms with E-state index in [1.165, 1.54) is 6.39 Å². The lowest BCUT2D eigenvalue weighted by atomic mass is 10.1. The van der Waals surface area contributed by atoms with Gasteiger partial charge in [0.2, 0.25) is 6.39 Å². The van der Waals surface area contributed by atoms with E-state index in [2.05, 4.69) is 25.5 Å². The molecule has 3 aromatic rings. The minimum Gasteiger partial charge on any atom is -0.343 e. The number of carbonyl (C=O) groups is 1. The Morgan fingerprint density at radius 3 is 2.61 bits per heavy atom. The molecule has 118 valence electrons. The molecule has 23 heavy (non-hydrogen) atoms. The maximum atomic E-state index is 12.6. The molecule has 1 amide bonds. The van der Waals surface area contributed by atoms with Gasteiger partial charge in [0.25, 0.3) is 5.91 Å². The number of hydrogen-bond donors (Lipinski definition) is 1. The van der Waals surface area contributed by atoms with Crippen LogP contribution in [0.25, 0.3) is 0 Å². The quantitative estimate of drug-likeness (QED) is 0.780. The van der Waals surface area contributed by atoms with Crippen molar-refractivity contribution in [2.75, 3.05) is 0 Å². The van der Waals surface area contributed by atoms with E-state index in [0.29, 0.717) is 11.4 Å². The van der Waals surface area contributed by atoms with Gasteiger partial charge in [-0.05, 0) is 26.0 Å². The number of amides is 1. The molecule has 1 unspecified atom stereocenters. The van der Waals surface area contributed by atoms with Gasteiger partial charge in [0, 0.05) is 35.8 Å².